The number of hydrogen-bond acceptors (Lipinski definition) is 25. The number of ketones is 1. The number of Topliss-reactive ketones (excluding diaryl/α,β-unsaturated/α-hetero) is 1. The summed E-state index contributed by atoms with van der Waals surface area (Å²) in [5.41, 5.74) is 0.0000663. The molecule has 10 fully saturated rings. The molecule has 94 heavy (non-hydrogen) atoms. The van der Waals surface area contributed by atoms with Crippen LogP contribution in [0.15, 0.2) is 23.5 Å². The maximum atomic E-state index is 13.1. The standard InChI is InChI=1S/C69H110O25/c1-33-24-47(74-11)59(72)65(80-33)87-42-18-21-66(9)41(25-42)16-17-43-44(66)19-22-67(10)45(43)20-23-69(67,73)40(8)86-54-30-51-64(38(6)85-54)93-94-68(32-79-51)31-52(78-15)63(39(7)92-68)91-57-29-50(77-14)61(36(4)84-57)89-53-26-46(70)60(35(3)82-53)88-56-28-49(76-13)62(37(5)83-56)90-55-27-48(75-12)58(71)34(2)81-55/h16,24,33-40,42-46,48-58,60-65,70-71,73H,17-23,25-32H2,1-15H3/t33-,34-,35-,36-,37-,38-,39-,40+,42+,43-,44+,45+,46-,48-,49+,50+,51-,52-,53+,54+,55+,56+,57+,58-,60-,61-,62-,63-,64-,65-,66+,67+,68+,69+/m1/s1. The lowest BCUT2D eigenvalue weighted by molar-refractivity contribution is -0.472. The normalized spacial score (nSPS) is 51.9. The van der Waals surface area contributed by atoms with Gasteiger partial charge in [0.05, 0.1) is 104 Å². The molecule has 34 atom stereocenters. The summed E-state index contributed by atoms with van der Waals surface area (Å²) < 4.78 is 119. The van der Waals surface area contributed by atoms with Crippen molar-refractivity contribution in [2.45, 2.75) is 336 Å². The van der Waals surface area contributed by atoms with E-state index in [9.17, 15) is 20.1 Å². The molecule has 0 aromatic carbocycles. The molecule has 8 aliphatic heterocycles. The number of aliphatic hydroxyl groups is 3. The van der Waals surface area contributed by atoms with Crippen molar-refractivity contribution < 1.29 is 120 Å². The van der Waals surface area contributed by atoms with Crippen molar-refractivity contribution >= 4 is 5.78 Å². The number of ether oxygens (including phenoxy) is 19. The Kier molecular flexibility index (Phi) is 22.3. The van der Waals surface area contributed by atoms with Gasteiger partial charge in [0.2, 0.25) is 12.1 Å². The third-order valence-electron chi connectivity index (χ3n) is 24.2. The second-order valence-corrected chi connectivity index (χ2v) is 29.8. The van der Waals surface area contributed by atoms with Crippen molar-refractivity contribution in [3.63, 3.8) is 0 Å². The van der Waals surface area contributed by atoms with E-state index in [0.29, 0.717) is 55.6 Å². The van der Waals surface area contributed by atoms with Gasteiger partial charge >= 0.3 is 0 Å². The largest absolute Gasteiger partial charge is 0.493 e. The van der Waals surface area contributed by atoms with Crippen molar-refractivity contribution in [2.24, 2.45) is 28.6 Å². The second-order valence-electron chi connectivity index (χ2n) is 29.8. The zero-order chi connectivity index (χ0) is 66.9. The minimum absolute atomic E-state index is 0.0182. The third kappa shape index (κ3) is 14.0. The number of carbonyl (C=O) groups excluding carboxylic acids is 1. The Hall–Kier alpha value is -1.97. The third-order valence-corrected chi connectivity index (χ3v) is 24.2. The van der Waals surface area contributed by atoms with E-state index in [2.05, 4.69) is 19.9 Å². The van der Waals surface area contributed by atoms with Crippen LogP contribution in [0, 0.1) is 28.6 Å². The van der Waals surface area contributed by atoms with E-state index >= 15 is 0 Å². The topological polar surface area (TPSA) is 272 Å². The fourth-order valence-electron chi connectivity index (χ4n) is 18.8. The number of hydrogen-bond donors (Lipinski definition) is 3. The summed E-state index contributed by atoms with van der Waals surface area (Å²) >= 11 is 0. The van der Waals surface area contributed by atoms with Crippen LogP contribution < -0.4 is 0 Å². The van der Waals surface area contributed by atoms with Crippen molar-refractivity contribution in [1.29, 1.82) is 0 Å². The molecule has 0 bridgehead atoms. The highest BCUT2D eigenvalue weighted by atomic mass is 17.2. The predicted molar refractivity (Wildman–Crippen MR) is 330 cm³/mol. The lowest BCUT2D eigenvalue weighted by Gasteiger charge is -2.59. The van der Waals surface area contributed by atoms with Crippen LogP contribution in [-0.2, 0) is 105 Å². The monoisotopic (exact) mass is 1340 g/mol. The Balaban J connectivity index is 0.601. The van der Waals surface area contributed by atoms with Crippen molar-refractivity contribution in [3.8, 4) is 0 Å². The first-order valence-electron chi connectivity index (χ1n) is 35.0. The fourth-order valence-corrected chi connectivity index (χ4v) is 18.8. The number of rotatable bonds is 18. The van der Waals surface area contributed by atoms with Gasteiger partial charge in [-0.2, -0.15) is 4.89 Å². The van der Waals surface area contributed by atoms with E-state index in [1.54, 1.807) is 41.4 Å². The van der Waals surface area contributed by atoms with Gasteiger partial charge in [0.1, 0.15) is 43.2 Å². The van der Waals surface area contributed by atoms with E-state index in [0.717, 1.165) is 44.9 Å². The summed E-state index contributed by atoms with van der Waals surface area (Å²) in [7, 11) is 7.92. The number of methoxy groups -OCH3 is 5. The maximum absolute atomic E-state index is 13.1. The molecule has 8 heterocycles. The predicted octanol–water partition coefficient (Wildman–Crippen LogP) is 6.53. The first-order valence-corrected chi connectivity index (χ1v) is 35.0. The van der Waals surface area contributed by atoms with Gasteiger partial charge in [-0.1, -0.05) is 25.5 Å². The number of aliphatic hydroxyl groups excluding tert-OH is 2. The lowest BCUT2D eigenvalue weighted by Crippen LogP contribution is -2.60. The zero-order valence-electron chi connectivity index (χ0n) is 57.9. The van der Waals surface area contributed by atoms with Gasteiger partial charge < -0.3 is 105 Å². The Labute approximate surface area is 554 Å². The van der Waals surface area contributed by atoms with Gasteiger partial charge in [-0.05, 0) is 136 Å². The second kappa shape index (κ2) is 29.2. The van der Waals surface area contributed by atoms with Gasteiger partial charge in [0.15, 0.2) is 37.2 Å². The molecule has 4 aliphatic carbocycles. The van der Waals surface area contributed by atoms with Crippen LogP contribution >= 0.6 is 0 Å². The molecule has 1 spiro atoms. The van der Waals surface area contributed by atoms with Gasteiger partial charge in [-0.3, -0.25) is 4.79 Å². The lowest BCUT2D eigenvalue weighted by atomic mass is 9.46. The smallest absolute Gasteiger partial charge is 0.252 e. The summed E-state index contributed by atoms with van der Waals surface area (Å²) in [5.74, 6) is -0.0754. The molecule has 0 radical (unpaired) electrons. The summed E-state index contributed by atoms with van der Waals surface area (Å²) in [6.45, 7) is 19.9. The van der Waals surface area contributed by atoms with Crippen LogP contribution in [0.2, 0.25) is 0 Å². The highest BCUT2D eigenvalue weighted by Crippen LogP contribution is 2.68. The van der Waals surface area contributed by atoms with E-state index in [1.165, 1.54) is 12.7 Å². The highest BCUT2D eigenvalue weighted by molar-refractivity contribution is 5.96. The molecule has 536 valence electrons. The van der Waals surface area contributed by atoms with Gasteiger partial charge in [-0.15, -0.1) is 0 Å². The quantitative estimate of drug-likeness (QED) is 0.0972. The van der Waals surface area contributed by atoms with Crippen LogP contribution in [0.25, 0.3) is 0 Å². The molecule has 0 aromatic heterocycles. The summed E-state index contributed by atoms with van der Waals surface area (Å²) in [4.78, 5) is 25.6. The molecule has 7 saturated heterocycles. The van der Waals surface area contributed by atoms with Crippen LogP contribution in [0.3, 0.4) is 0 Å². The van der Waals surface area contributed by atoms with Crippen molar-refractivity contribution in [2.75, 3.05) is 42.2 Å². The highest BCUT2D eigenvalue weighted by Gasteiger charge is 2.66. The Morgan fingerprint density at radius 3 is 1.81 bits per heavy atom. The van der Waals surface area contributed by atoms with Gasteiger partial charge in [-0.25, -0.2) is 4.89 Å². The summed E-state index contributed by atoms with van der Waals surface area (Å²) in [5, 5.41) is 35.1. The average Bonchev–Trinajstić information content (AvgIpc) is 1.46. The minimum atomic E-state index is -1.34. The van der Waals surface area contributed by atoms with E-state index < -0.39 is 165 Å². The van der Waals surface area contributed by atoms with E-state index in [-0.39, 0.29) is 48.3 Å². The van der Waals surface area contributed by atoms with Gasteiger partial charge in [0, 0.05) is 72.4 Å². The summed E-state index contributed by atoms with van der Waals surface area (Å²) in [6, 6.07) is 0. The first-order chi connectivity index (χ1) is 44.8. The minimum Gasteiger partial charge on any atom is -0.493 e. The molecule has 25 heteroatoms. The molecule has 0 amide bonds. The number of carbonyl (C=O) groups is 1. The summed E-state index contributed by atoms with van der Waals surface area (Å²) in [6.07, 6.45) is -2.72. The Bertz CT molecular complexity index is 2610. The average molecular weight is 1340 g/mol. The van der Waals surface area contributed by atoms with Crippen LogP contribution in [0.5, 0.6) is 0 Å². The maximum Gasteiger partial charge on any atom is 0.252 e. The zero-order valence-corrected chi connectivity index (χ0v) is 57.9. The molecular formula is C69H110O25. The molecule has 25 nitrogen and oxygen atoms in total. The SMILES string of the molecule is COC1=C[C@@H](C)O[C@H](O[C@H]2CC[C@@]3(C)C(=CC[C@@H]4[C@@H]3CC[C@@]3(C)[C@H]4CC[C@]3(O)[C@H](C)O[C@H]3C[C@H]4OC[C@]5(C[C@@H](OC)[C@H](O[C@H]6C[C@H](OC)[C@H](O[C@H]7C[C@@H](O)[C@H](O[C@H]8C[C@H](OC)[C@H](O[C@H]9C[C@@H](OC)[C@H](O)[C@@H](C)O9)[C@@H](C)O8)[C@@H](C)O7)[C@@H](C)O6)[C@@H](C)O5)OO[C@@H]4[C@@H](C)O3)C2)C1=O. The van der Waals surface area contributed by atoms with Crippen LogP contribution in [0.1, 0.15) is 159 Å². The molecule has 0 unspecified atom stereocenters. The van der Waals surface area contributed by atoms with E-state index in [4.69, 9.17) is 99.8 Å². The molecular weight excluding hydrogens is 1230 g/mol. The van der Waals surface area contributed by atoms with Crippen molar-refractivity contribution in [3.05, 3.63) is 23.5 Å². The number of fused-ring (bicyclic) bond motifs is 6. The first kappa shape index (κ1) is 71.8. The van der Waals surface area contributed by atoms with Crippen molar-refractivity contribution in [1.82, 2.24) is 0 Å². The Morgan fingerprint density at radius 1 is 0.606 bits per heavy atom. The van der Waals surface area contributed by atoms with E-state index in [1.807, 2.05) is 48.5 Å². The Morgan fingerprint density at radius 2 is 1.18 bits per heavy atom. The molecule has 3 N–H and O–H groups in total. The fraction of sp³-hybridized carbons (Fsp3) is 0.928. The number of allylic oxidation sites excluding steroid dienone is 1. The van der Waals surface area contributed by atoms with Crippen LogP contribution in [-0.4, -0.2) is 241 Å². The van der Waals surface area contributed by atoms with Crippen LogP contribution in [0.4, 0.5) is 0 Å². The van der Waals surface area contributed by atoms with Gasteiger partial charge in [0.25, 0.3) is 5.78 Å². The molecule has 3 saturated carbocycles. The molecule has 12 rings (SSSR count). The molecule has 0 aromatic rings. The molecule has 12 aliphatic rings.